The highest BCUT2D eigenvalue weighted by Crippen LogP contribution is 2.37. The van der Waals surface area contributed by atoms with Gasteiger partial charge in [0, 0.05) is 19.7 Å². The summed E-state index contributed by atoms with van der Waals surface area (Å²) < 4.78 is 47.0. The maximum atomic E-state index is 13.0. The van der Waals surface area contributed by atoms with Crippen molar-refractivity contribution in [1.29, 1.82) is 0 Å². The van der Waals surface area contributed by atoms with E-state index in [-0.39, 0.29) is 45.4 Å². The van der Waals surface area contributed by atoms with E-state index in [0.717, 1.165) is 0 Å². The maximum Gasteiger partial charge on any atom is 0.303 e. The summed E-state index contributed by atoms with van der Waals surface area (Å²) >= 11 is 18.0. The molecule has 0 aliphatic heterocycles. The first kappa shape index (κ1) is 28.0. The molecular weight excluding hydrogens is 531 g/mol. The van der Waals surface area contributed by atoms with E-state index in [1.807, 2.05) is 0 Å². The number of benzene rings is 2. The Morgan fingerprint density at radius 2 is 1.53 bits per heavy atom. The fourth-order valence-electron chi connectivity index (χ4n) is 2.66. The molecule has 34 heavy (non-hydrogen) atoms. The minimum atomic E-state index is -3.94. The van der Waals surface area contributed by atoms with E-state index in [0.29, 0.717) is 18.1 Å². The highest BCUT2D eigenvalue weighted by Gasteiger charge is 2.22. The van der Waals surface area contributed by atoms with Crippen LogP contribution in [0.4, 0.5) is 0 Å². The molecule has 2 aromatic rings. The Hall–Kier alpha value is -2.20. The van der Waals surface area contributed by atoms with E-state index in [4.69, 9.17) is 53.8 Å². The van der Waals surface area contributed by atoms with Gasteiger partial charge in [-0.3, -0.25) is 9.59 Å². The average molecular weight is 554 g/mol. The average Bonchev–Trinajstić information content (AvgIpc) is 2.77. The fourth-order valence-corrected chi connectivity index (χ4v) is 4.81. The predicted octanol–water partition coefficient (Wildman–Crippen LogP) is 4.71. The standard InChI is InChI=1S/C22H23Cl3O8S/c1-14(26)31-12-17(33-15(2)27)13-32-16-4-6-18(7-5-16)34(28,29)19-10-20(24)22(21(25)11-19)30-9-3-8-23/h4-7,10-11,17H,3,8-9,12-13H2,1-2H3. The van der Waals surface area contributed by atoms with Crippen molar-refractivity contribution in [3.63, 3.8) is 0 Å². The molecule has 1 unspecified atom stereocenters. The van der Waals surface area contributed by atoms with Gasteiger partial charge in [0.05, 0.1) is 26.4 Å². The van der Waals surface area contributed by atoms with Gasteiger partial charge in [0.15, 0.2) is 11.9 Å². The van der Waals surface area contributed by atoms with E-state index >= 15 is 0 Å². The second-order valence-corrected chi connectivity index (χ2v) is 10.1. The first-order chi connectivity index (χ1) is 16.0. The maximum absolute atomic E-state index is 13.0. The number of halogens is 3. The van der Waals surface area contributed by atoms with Gasteiger partial charge in [-0.2, -0.15) is 0 Å². The smallest absolute Gasteiger partial charge is 0.303 e. The Bertz CT molecular complexity index is 1080. The Balaban J connectivity index is 2.13. The van der Waals surface area contributed by atoms with Crippen LogP contribution in [0.5, 0.6) is 11.5 Å². The van der Waals surface area contributed by atoms with Gasteiger partial charge in [-0.05, 0) is 42.8 Å². The van der Waals surface area contributed by atoms with Crippen molar-refractivity contribution in [2.24, 2.45) is 0 Å². The lowest BCUT2D eigenvalue weighted by Gasteiger charge is -2.17. The molecule has 0 aliphatic carbocycles. The molecule has 2 aromatic carbocycles. The van der Waals surface area contributed by atoms with E-state index in [2.05, 4.69) is 0 Å². The van der Waals surface area contributed by atoms with Crippen molar-refractivity contribution in [2.75, 3.05) is 25.7 Å². The lowest BCUT2D eigenvalue weighted by atomic mass is 10.3. The SMILES string of the molecule is CC(=O)OCC(COc1ccc(S(=O)(=O)c2cc(Cl)c(OCCCCl)c(Cl)c2)cc1)OC(C)=O. The van der Waals surface area contributed by atoms with Crippen LogP contribution in [0.15, 0.2) is 46.2 Å². The van der Waals surface area contributed by atoms with Crippen LogP contribution >= 0.6 is 34.8 Å². The van der Waals surface area contributed by atoms with Crippen molar-refractivity contribution in [3.8, 4) is 11.5 Å². The number of hydrogen-bond donors (Lipinski definition) is 0. The summed E-state index contributed by atoms with van der Waals surface area (Å²) in [6, 6.07) is 8.12. The highest BCUT2D eigenvalue weighted by molar-refractivity contribution is 7.91. The van der Waals surface area contributed by atoms with Gasteiger partial charge in [0.1, 0.15) is 19.0 Å². The number of sulfone groups is 1. The quantitative estimate of drug-likeness (QED) is 0.211. The summed E-state index contributed by atoms with van der Waals surface area (Å²) in [5.41, 5.74) is 0. The molecule has 0 saturated carbocycles. The van der Waals surface area contributed by atoms with Crippen LogP contribution in [0.1, 0.15) is 20.3 Å². The summed E-state index contributed by atoms with van der Waals surface area (Å²) in [4.78, 5) is 22.1. The number of esters is 2. The normalized spacial score (nSPS) is 12.0. The van der Waals surface area contributed by atoms with E-state index in [9.17, 15) is 18.0 Å². The van der Waals surface area contributed by atoms with Crippen LogP contribution in [0.2, 0.25) is 10.0 Å². The molecule has 0 heterocycles. The van der Waals surface area contributed by atoms with Crippen LogP contribution in [0.25, 0.3) is 0 Å². The van der Waals surface area contributed by atoms with E-state index < -0.39 is 27.9 Å². The zero-order valence-electron chi connectivity index (χ0n) is 18.4. The van der Waals surface area contributed by atoms with Gasteiger partial charge in [-0.15, -0.1) is 11.6 Å². The summed E-state index contributed by atoms with van der Waals surface area (Å²) in [7, 11) is -3.94. The molecular formula is C22H23Cl3O8S. The van der Waals surface area contributed by atoms with Crippen LogP contribution < -0.4 is 9.47 Å². The molecule has 0 aliphatic rings. The predicted molar refractivity (Wildman–Crippen MR) is 127 cm³/mol. The Morgan fingerprint density at radius 1 is 0.912 bits per heavy atom. The van der Waals surface area contributed by atoms with Crippen molar-refractivity contribution in [1.82, 2.24) is 0 Å². The molecule has 0 aromatic heterocycles. The minimum Gasteiger partial charge on any atom is -0.490 e. The van der Waals surface area contributed by atoms with Crippen LogP contribution in [0, 0.1) is 0 Å². The number of carbonyl (C=O) groups is 2. The van der Waals surface area contributed by atoms with Gasteiger partial charge in [-0.25, -0.2) is 8.42 Å². The topological polar surface area (TPSA) is 105 Å². The molecule has 0 bridgehead atoms. The lowest BCUT2D eigenvalue weighted by Crippen LogP contribution is -2.29. The zero-order valence-corrected chi connectivity index (χ0v) is 21.5. The zero-order chi connectivity index (χ0) is 25.3. The number of rotatable bonds is 12. The van der Waals surface area contributed by atoms with Crippen molar-refractivity contribution >= 4 is 56.6 Å². The largest absolute Gasteiger partial charge is 0.490 e. The highest BCUT2D eigenvalue weighted by atomic mass is 35.5. The van der Waals surface area contributed by atoms with Crippen LogP contribution in [-0.2, 0) is 28.9 Å². The molecule has 1 atom stereocenters. The molecule has 186 valence electrons. The Kier molecular flexibility index (Phi) is 10.8. The van der Waals surface area contributed by atoms with Crippen molar-refractivity contribution in [3.05, 3.63) is 46.4 Å². The monoisotopic (exact) mass is 552 g/mol. The second-order valence-electron chi connectivity index (χ2n) is 6.93. The third-order valence-corrected chi connectivity index (χ3v) is 6.76. The van der Waals surface area contributed by atoms with Gasteiger partial charge in [-0.1, -0.05) is 23.2 Å². The second kappa shape index (κ2) is 13.0. The Labute approximate surface area is 212 Å². The van der Waals surface area contributed by atoms with Crippen LogP contribution in [-0.4, -0.2) is 52.2 Å². The van der Waals surface area contributed by atoms with E-state index in [1.165, 1.54) is 50.2 Å². The first-order valence-electron chi connectivity index (χ1n) is 10.0. The molecule has 2 rings (SSSR count). The van der Waals surface area contributed by atoms with Gasteiger partial charge >= 0.3 is 11.9 Å². The molecule has 0 amide bonds. The molecule has 0 saturated heterocycles. The van der Waals surface area contributed by atoms with Gasteiger partial charge < -0.3 is 18.9 Å². The van der Waals surface area contributed by atoms with Crippen LogP contribution in [0.3, 0.4) is 0 Å². The molecule has 0 spiro atoms. The van der Waals surface area contributed by atoms with Crippen molar-refractivity contribution < 1.29 is 37.0 Å². The lowest BCUT2D eigenvalue weighted by molar-refractivity contribution is -0.158. The number of ether oxygens (including phenoxy) is 4. The fraction of sp³-hybridized carbons (Fsp3) is 0.364. The molecule has 0 N–H and O–H groups in total. The number of carbonyl (C=O) groups excluding carboxylic acids is 2. The summed E-state index contributed by atoms with van der Waals surface area (Å²) in [5.74, 6) is -0.181. The Morgan fingerprint density at radius 3 is 2.06 bits per heavy atom. The number of alkyl halides is 1. The molecule has 8 nitrogen and oxygen atoms in total. The van der Waals surface area contributed by atoms with Crippen molar-refractivity contribution in [2.45, 2.75) is 36.2 Å². The molecule has 12 heteroatoms. The first-order valence-corrected chi connectivity index (χ1v) is 12.8. The molecule has 0 radical (unpaired) electrons. The summed E-state index contributed by atoms with van der Waals surface area (Å²) in [6.45, 7) is 2.46. The van der Waals surface area contributed by atoms with E-state index in [1.54, 1.807) is 0 Å². The summed E-state index contributed by atoms with van der Waals surface area (Å²) in [5, 5.41) is 0.120. The van der Waals surface area contributed by atoms with Gasteiger partial charge in [0.25, 0.3) is 0 Å². The van der Waals surface area contributed by atoms with Gasteiger partial charge in [0.2, 0.25) is 9.84 Å². The number of hydrogen-bond acceptors (Lipinski definition) is 8. The minimum absolute atomic E-state index is 0.0146. The third-order valence-electron chi connectivity index (χ3n) is 4.18. The summed E-state index contributed by atoms with van der Waals surface area (Å²) in [6.07, 6.45) is -0.243. The third kappa shape index (κ3) is 8.23. The molecule has 0 fully saturated rings.